The van der Waals surface area contributed by atoms with Crippen LogP contribution >= 0.6 is 0 Å². The molecular weight excluding hydrogens is 256 g/mol. The maximum absolute atomic E-state index is 9.79. The van der Waals surface area contributed by atoms with Gasteiger partial charge in [-0.3, -0.25) is 9.88 Å². The Labute approximate surface area is 119 Å². The van der Waals surface area contributed by atoms with Crippen molar-refractivity contribution in [1.82, 2.24) is 9.88 Å². The van der Waals surface area contributed by atoms with Crippen LogP contribution in [0.4, 0.5) is 5.69 Å². The van der Waals surface area contributed by atoms with Gasteiger partial charge in [-0.1, -0.05) is 0 Å². The normalized spacial score (nSPS) is 27.0. The van der Waals surface area contributed by atoms with E-state index in [0.29, 0.717) is 31.0 Å². The van der Waals surface area contributed by atoms with E-state index in [0.717, 1.165) is 0 Å². The maximum atomic E-state index is 9.79. The number of likely N-dealkylation sites (N-methyl/N-ethyl adjacent to an activating group) is 1. The highest BCUT2D eigenvalue weighted by molar-refractivity contribution is 5.55. The quantitative estimate of drug-likeness (QED) is 0.831. The van der Waals surface area contributed by atoms with Crippen molar-refractivity contribution < 1.29 is 9.84 Å². The number of hydrogen-bond donors (Lipinski definition) is 2. The summed E-state index contributed by atoms with van der Waals surface area (Å²) in [6, 6.07) is 4.03. The van der Waals surface area contributed by atoms with Crippen molar-refractivity contribution >= 4 is 5.69 Å². The van der Waals surface area contributed by atoms with Crippen molar-refractivity contribution in [2.24, 2.45) is 0 Å². The molecule has 0 aliphatic carbocycles. The number of anilines is 1. The van der Waals surface area contributed by atoms with E-state index in [4.69, 9.17) is 10.00 Å². The van der Waals surface area contributed by atoms with Gasteiger partial charge in [0.15, 0.2) is 0 Å². The monoisotopic (exact) mass is 276 g/mol. The molecule has 2 N–H and O–H groups in total. The first-order valence-corrected chi connectivity index (χ1v) is 6.62. The molecule has 0 bridgehead atoms. The summed E-state index contributed by atoms with van der Waals surface area (Å²) >= 11 is 0. The molecule has 1 aromatic rings. The second kappa shape index (κ2) is 6.18. The van der Waals surface area contributed by atoms with Gasteiger partial charge in [-0.05, 0) is 20.0 Å². The van der Waals surface area contributed by atoms with Gasteiger partial charge in [0.05, 0.1) is 42.8 Å². The van der Waals surface area contributed by atoms with Gasteiger partial charge in [-0.2, -0.15) is 5.26 Å². The zero-order valence-electron chi connectivity index (χ0n) is 11.8. The van der Waals surface area contributed by atoms with Gasteiger partial charge in [0.2, 0.25) is 0 Å². The lowest BCUT2D eigenvalue weighted by atomic mass is 9.96. The van der Waals surface area contributed by atoms with Gasteiger partial charge >= 0.3 is 0 Å². The largest absolute Gasteiger partial charge is 0.394 e. The Morgan fingerprint density at radius 3 is 3.20 bits per heavy atom. The Hall–Kier alpha value is -1.68. The van der Waals surface area contributed by atoms with Crippen molar-refractivity contribution in [2.45, 2.75) is 18.5 Å². The third kappa shape index (κ3) is 2.75. The number of nitrogens with zero attached hydrogens (tertiary/aromatic N) is 3. The van der Waals surface area contributed by atoms with Crippen LogP contribution in [0.15, 0.2) is 18.5 Å². The third-order valence-electron chi connectivity index (χ3n) is 3.98. The Morgan fingerprint density at radius 1 is 1.70 bits per heavy atom. The summed E-state index contributed by atoms with van der Waals surface area (Å²) < 4.78 is 5.58. The number of nitrogens with one attached hydrogen (secondary N) is 1. The molecule has 6 nitrogen and oxygen atoms in total. The first-order chi connectivity index (χ1) is 9.63. The summed E-state index contributed by atoms with van der Waals surface area (Å²) in [5.74, 6) is 0. The molecule has 1 saturated heterocycles. The average Bonchev–Trinajstić information content (AvgIpc) is 2.49. The summed E-state index contributed by atoms with van der Waals surface area (Å²) in [5.41, 5.74) is 0.732. The van der Waals surface area contributed by atoms with E-state index in [1.54, 1.807) is 18.5 Å². The Bertz CT molecular complexity index is 502. The SMILES string of the molecule is C[C@@H]1COC[C@@](CO)(CNc2cnccc2C#N)N1C. The van der Waals surface area contributed by atoms with Crippen LogP contribution in [0, 0.1) is 11.3 Å². The van der Waals surface area contributed by atoms with Gasteiger partial charge in [0, 0.05) is 18.8 Å². The predicted molar refractivity (Wildman–Crippen MR) is 75.3 cm³/mol. The van der Waals surface area contributed by atoms with Crippen molar-refractivity contribution in [3.05, 3.63) is 24.0 Å². The van der Waals surface area contributed by atoms with Crippen LogP contribution in [-0.4, -0.2) is 60.0 Å². The molecule has 0 amide bonds. The fourth-order valence-corrected chi connectivity index (χ4v) is 2.38. The number of pyridine rings is 1. The molecule has 2 atom stereocenters. The molecule has 2 rings (SSSR count). The molecule has 20 heavy (non-hydrogen) atoms. The van der Waals surface area contributed by atoms with E-state index in [1.165, 1.54) is 0 Å². The first kappa shape index (κ1) is 14.7. The summed E-state index contributed by atoms with van der Waals surface area (Å²) in [6.07, 6.45) is 3.21. The van der Waals surface area contributed by atoms with Crippen molar-refractivity contribution in [3.8, 4) is 6.07 Å². The zero-order chi connectivity index (χ0) is 14.6. The van der Waals surface area contributed by atoms with E-state index in [9.17, 15) is 5.11 Å². The van der Waals surface area contributed by atoms with Gasteiger partial charge in [0.1, 0.15) is 6.07 Å². The first-order valence-electron chi connectivity index (χ1n) is 6.62. The van der Waals surface area contributed by atoms with E-state index < -0.39 is 5.54 Å². The molecule has 2 heterocycles. The number of ether oxygens (including phenoxy) is 1. The second-order valence-corrected chi connectivity index (χ2v) is 5.24. The summed E-state index contributed by atoms with van der Waals surface area (Å²) in [4.78, 5) is 6.15. The molecule has 0 saturated carbocycles. The summed E-state index contributed by atoms with van der Waals surface area (Å²) in [6.45, 7) is 3.66. The summed E-state index contributed by atoms with van der Waals surface area (Å²) in [5, 5.41) is 22.1. The predicted octanol–water partition coefficient (Wildman–Crippen LogP) is 0.447. The number of hydrogen-bond acceptors (Lipinski definition) is 6. The molecule has 0 spiro atoms. The molecule has 1 aromatic heterocycles. The van der Waals surface area contributed by atoms with Crippen LogP contribution in [-0.2, 0) is 4.74 Å². The van der Waals surface area contributed by atoms with Crippen molar-refractivity contribution in [3.63, 3.8) is 0 Å². The Balaban J connectivity index is 2.13. The summed E-state index contributed by atoms with van der Waals surface area (Å²) in [7, 11) is 1.99. The van der Waals surface area contributed by atoms with E-state index in [-0.39, 0.29) is 12.6 Å². The van der Waals surface area contributed by atoms with Crippen LogP contribution < -0.4 is 5.32 Å². The number of nitriles is 1. The maximum Gasteiger partial charge on any atom is 0.101 e. The third-order valence-corrected chi connectivity index (χ3v) is 3.98. The number of aliphatic hydroxyl groups is 1. The minimum Gasteiger partial charge on any atom is -0.394 e. The van der Waals surface area contributed by atoms with Crippen LogP contribution in [0.2, 0.25) is 0 Å². The fourth-order valence-electron chi connectivity index (χ4n) is 2.38. The van der Waals surface area contributed by atoms with E-state index in [1.807, 2.05) is 7.05 Å². The fraction of sp³-hybridized carbons (Fsp3) is 0.571. The van der Waals surface area contributed by atoms with Gasteiger partial charge < -0.3 is 15.2 Å². The van der Waals surface area contributed by atoms with E-state index in [2.05, 4.69) is 28.2 Å². The van der Waals surface area contributed by atoms with Crippen LogP contribution in [0.3, 0.4) is 0 Å². The topological polar surface area (TPSA) is 81.4 Å². The Morgan fingerprint density at radius 2 is 2.50 bits per heavy atom. The lowest BCUT2D eigenvalue weighted by Crippen LogP contribution is -2.64. The minimum atomic E-state index is -0.486. The molecule has 6 heteroatoms. The standard InChI is InChI=1S/C14H20N4O2/c1-11-7-20-10-14(9-19,18(11)2)8-17-13-6-16-4-3-12(13)5-15/h3-4,6,11,17,19H,7-10H2,1-2H3/t11-,14+/m1/s1. The van der Waals surface area contributed by atoms with E-state index >= 15 is 0 Å². The molecule has 1 fully saturated rings. The highest BCUT2D eigenvalue weighted by Crippen LogP contribution is 2.23. The minimum absolute atomic E-state index is 0.0109. The second-order valence-electron chi connectivity index (χ2n) is 5.24. The molecule has 0 aromatic carbocycles. The van der Waals surface area contributed by atoms with Crippen LogP contribution in [0.5, 0.6) is 0 Å². The lowest BCUT2D eigenvalue weighted by molar-refractivity contribution is -0.101. The van der Waals surface area contributed by atoms with Crippen LogP contribution in [0.25, 0.3) is 0 Å². The number of aliphatic hydroxyl groups excluding tert-OH is 1. The highest BCUT2D eigenvalue weighted by atomic mass is 16.5. The molecule has 0 unspecified atom stereocenters. The smallest absolute Gasteiger partial charge is 0.101 e. The molecule has 0 radical (unpaired) electrons. The van der Waals surface area contributed by atoms with Crippen molar-refractivity contribution in [1.29, 1.82) is 5.26 Å². The average molecular weight is 276 g/mol. The highest BCUT2D eigenvalue weighted by Gasteiger charge is 2.40. The molecule has 108 valence electrons. The number of rotatable bonds is 4. The lowest BCUT2D eigenvalue weighted by Gasteiger charge is -2.47. The number of morpholine rings is 1. The Kier molecular flexibility index (Phi) is 4.55. The van der Waals surface area contributed by atoms with Gasteiger partial charge in [-0.15, -0.1) is 0 Å². The molecule has 1 aliphatic rings. The van der Waals surface area contributed by atoms with Crippen LogP contribution in [0.1, 0.15) is 12.5 Å². The molecule has 1 aliphatic heterocycles. The van der Waals surface area contributed by atoms with Gasteiger partial charge in [0.25, 0.3) is 0 Å². The van der Waals surface area contributed by atoms with Gasteiger partial charge in [-0.25, -0.2) is 0 Å². The van der Waals surface area contributed by atoms with Crippen molar-refractivity contribution in [2.75, 3.05) is 38.7 Å². The number of aromatic nitrogens is 1. The molecular formula is C14H20N4O2. The zero-order valence-corrected chi connectivity index (χ0v) is 11.8.